The Balaban J connectivity index is 1.71. The molecule has 1 heterocycles. The fourth-order valence-electron chi connectivity index (χ4n) is 3.97. The van der Waals surface area contributed by atoms with Crippen LogP contribution in [-0.4, -0.2) is 35.2 Å². The van der Waals surface area contributed by atoms with Gasteiger partial charge in [0.2, 0.25) is 5.91 Å². The molecule has 4 N–H and O–H groups in total. The van der Waals surface area contributed by atoms with E-state index in [1.807, 2.05) is 36.4 Å². The van der Waals surface area contributed by atoms with Crippen LogP contribution in [0.15, 0.2) is 53.0 Å². The SMILES string of the molecule is CC(=O)N[C@@H](Cc1ccccc1)[C@@H](O)CN[C@H]1CC(C)(C)Nc2ccc(Br)cc21. The molecule has 0 aliphatic carbocycles. The van der Waals surface area contributed by atoms with E-state index in [0.29, 0.717) is 13.0 Å². The Kier molecular flexibility index (Phi) is 6.98. The van der Waals surface area contributed by atoms with Crippen LogP contribution >= 0.6 is 15.9 Å². The van der Waals surface area contributed by atoms with Crippen LogP contribution in [0.25, 0.3) is 0 Å². The van der Waals surface area contributed by atoms with E-state index in [0.717, 1.165) is 22.1 Å². The number of aliphatic hydroxyl groups excluding tert-OH is 1. The molecule has 0 saturated heterocycles. The summed E-state index contributed by atoms with van der Waals surface area (Å²) < 4.78 is 1.03. The maximum atomic E-state index is 11.7. The van der Waals surface area contributed by atoms with Crippen molar-refractivity contribution in [1.29, 1.82) is 0 Å². The largest absolute Gasteiger partial charge is 0.390 e. The second-order valence-corrected chi connectivity index (χ2v) is 9.39. The molecule has 1 aliphatic rings. The maximum Gasteiger partial charge on any atom is 0.217 e. The van der Waals surface area contributed by atoms with E-state index in [9.17, 15) is 9.90 Å². The maximum absolute atomic E-state index is 11.7. The first kappa shape index (κ1) is 21.8. The van der Waals surface area contributed by atoms with Crippen LogP contribution in [-0.2, 0) is 11.2 Å². The van der Waals surface area contributed by atoms with Gasteiger partial charge in [0.05, 0.1) is 12.1 Å². The minimum Gasteiger partial charge on any atom is -0.390 e. The lowest BCUT2D eigenvalue weighted by molar-refractivity contribution is -0.120. The van der Waals surface area contributed by atoms with Crippen molar-refractivity contribution in [2.45, 2.75) is 57.3 Å². The Hall–Kier alpha value is -1.89. The van der Waals surface area contributed by atoms with Crippen molar-refractivity contribution in [2.24, 2.45) is 0 Å². The lowest BCUT2D eigenvalue weighted by atomic mass is 9.85. The number of aliphatic hydroxyl groups is 1. The smallest absolute Gasteiger partial charge is 0.217 e. The molecular weight excluding hydrogens is 430 g/mol. The van der Waals surface area contributed by atoms with E-state index in [4.69, 9.17) is 0 Å². The number of anilines is 1. The van der Waals surface area contributed by atoms with Crippen LogP contribution in [0.1, 0.15) is 44.4 Å². The topological polar surface area (TPSA) is 73.4 Å². The van der Waals surface area contributed by atoms with E-state index < -0.39 is 6.10 Å². The number of nitrogens with one attached hydrogen (secondary N) is 3. The number of benzene rings is 2. The van der Waals surface area contributed by atoms with Gasteiger partial charge in [-0.15, -0.1) is 0 Å². The summed E-state index contributed by atoms with van der Waals surface area (Å²) >= 11 is 3.56. The van der Waals surface area contributed by atoms with Gasteiger partial charge < -0.3 is 21.1 Å². The standard InChI is InChI=1S/C23H30BrN3O2/c1-15(28)26-20(11-16-7-5-4-6-8-16)22(29)14-25-21-13-23(2,3)27-19-10-9-17(24)12-18(19)21/h4-10,12,20-22,25,27,29H,11,13-14H2,1-3H3,(H,26,28)/t20-,21-,22-/m0/s1. The zero-order valence-electron chi connectivity index (χ0n) is 17.2. The van der Waals surface area contributed by atoms with Gasteiger partial charge in [-0.1, -0.05) is 46.3 Å². The fourth-order valence-corrected chi connectivity index (χ4v) is 4.35. The highest BCUT2D eigenvalue weighted by Crippen LogP contribution is 2.38. The quantitative estimate of drug-likeness (QED) is 0.508. The zero-order valence-corrected chi connectivity index (χ0v) is 18.8. The van der Waals surface area contributed by atoms with Crippen LogP contribution in [0, 0.1) is 0 Å². The minimum atomic E-state index is -0.701. The van der Waals surface area contributed by atoms with E-state index in [1.165, 1.54) is 12.5 Å². The number of amides is 1. The molecule has 0 fully saturated rings. The van der Waals surface area contributed by atoms with Crippen molar-refractivity contribution in [2.75, 3.05) is 11.9 Å². The first-order valence-electron chi connectivity index (χ1n) is 10.0. The van der Waals surface area contributed by atoms with Crippen LogP contribution in [0.4, 0.5) is 5.69 Å². The monoisotopic (exact) mass is 459 g/mol. The number of hydrogen-bond donors (Lipinski definition) is 4. The third-order valence-electron chi connectivity index (χ3n) is 5.30. The van der Waals surface area contributed by atoms with E-state index in [1.54, 1.807) is 0 Å². The third-order valence-corrected chi connectivity index (χ3v) is 5.79. The van der Waals surface area contributed by atoms with Gasteiger partial charge in [-0.25, -0.2) is 0 Å². The van der Waals surface area contributed by atoms with Crippen LogP contribution in [0.3, 0.4) is 0 Å². The molecule has 156 valence electrons. The Morgan fingerprint density at radius 2 is 2.00 bits per heavy atom. The number of rotatable bonds is 7. The van der Waals surface area contributed by atoms with Gasteiger partial charge in [0.1, 0.15) is 0 Å². The summed E-state index contributed by atoms with van der Waals surface area (Å²) in [5, 5.41) is 20.9. The van der Waals surface area contributed by atoms with Crippen LogP contribution in [0.2, 0.25) is 0 Å². The van der Waals surface area contributed by atoms with Crippen molar-refractivity contribution in [3.63, 3.8) is 0 Å². The molecule has 0 radical (unpaired) electrons. The third kappa shape index (κ3) is 6.04. The second-order valence-electron chi connectivity index (χ2n) is 8.47. The van der Waals surface area contributed by atoms with Gasteiger partial charge in [-0.3, -0.25) is 4.79 Å². The van der Waals surface area contributed by atoms with Crippen molar-refractivity contribution < 1.29 is 9.90 Å². The number of carbonyl (C=O) groups is 1. The molecule has 0 unspecified atom stereocenters. The zero-order chi connectivity index (χ0) is 21.0. The Labute approximate surface area is 181 Å². The van der Waals surface area contributed by atoms with Gasteiger partial charge in [0, 0.05) is 35.2 Å². The fraction of sp³-hybridized carbons (Fsp3) is 0.435. The molecule has 2 aromatic carbocycles. The predicted octanol–water partition coefficient (Wildman–Crippen LogP) is 3.78. The Morgan fingerprint density at radius 1 is 1.28 bits per heavy atom. The number of carbonyl (C=O) groups excluding carboxylic acids is 1. The van der Waals surface area contributed by atoms with E-state index in [-0.39, 0.29) is 23.5 Å². The summed E-state index contributed by atoms with van der Waals surface area (Å²) in [6, 6.07) is 15.9. The molecule has 29 heavy (non-hydrogen) atoms. The van der Waals surface area contributed by atoms with Crippen molar-refractivity contribution in [3.8, 4) is 0 Å². The molecule has 3 atom stereocenters. The van der Waals surface area contributed by atoms with Gasteiger partial charge in [-0.2, -0.15) is 0 Å². The Bertz CT molecular complexity index is 841. The lowest BCUT2D eigenvalue weighted by Gasteiger charge is -2.40. The summed E-state index contributed by atoms with van der Waals surface area (Å²) in [6.45, 7) is 6.24. The molecule has 6 heteroatoms. The van der Waals surface area contributed by atoms with Crippen molar-refractivity contribution in [3.05, 3.63) is 64.1 Å². The summed E-state index contributed by atoms with van der Waals surface area (Å²) in [4.78, 5) is 11.7. The summed E-state index contributed by atoms with van der Waals surface area (Å²) in [7, 11) is 0. The molecule has 0 aromatic heterocycles. The Morgan fingerprint density at radius 3 is 2.69 bits per heavy atom. The average molecular weight is 460 g/mol. The summed E-state index contributed by atoms with van der Waals surface area (Å²) in [5.74, 6) is -0.137. The molecule has 0 saturated carbocycles. The highest BCUT2D eigenvalue weighted by atomic mass is 79.9. The molecule has 2 aromatic rings. The van der Waals surface area contributed by atoms with Gasteiger partial charge in [0.15, 0.2) is 0 Å². The highest BCUT2D eigenvalue weighted by Gasteiger charge is 2.32. The predicted molar refractivity (Wildman–Crippen MR) is 121 cm³/mol. The average Bonchev–Trinajstić information content (AvgIpc) is 2.65. The number of halogens is 1. The lowest BCUT2D eigenvalue weighted by Crippen LogP contribution is -2.50. The van der Waals surface area contributed by atoms with Crippen LogP contribution < -0.4 is 16.0 Å². The molecule has 5 nitrogen and oxygen atoms in total. The molecule has 0 spiro atoms. The molecular formula is C23H30BrN3O2. The first-order valence-corrected chi connectivity index (χ1v) is 10.8. The molecule has 3 rings (SSSR count). The molecule has 1 amide bonds. The number of hydrogen-bond acceptors (Lipinski definition) is 4. The molecule has 0 bridgehead atoms. The van der Waals surface area contributed by atoms with E-state index >= 15 is 0 Å². The minimum absolute atomic E-state index is 0.0511. The molecule has 1 aliphatic heterocycles. The first-order chi connectivity index (χ1) is 13.7. The summed E-state index contributed by atoms with van der Waals surface area (Å²) in [5.41, 5.74) is 3.33. The van der Waals surface area contributed by atoms with Crippen LogP contribution in [0.5, 0.6) is 0 Å². The highest BCUT2D eigenvalue weighted by molar-refractivity contribution is 9.10. The van der Waals surface area contributed by atoms with E-state index in [2.05, 4.69) is 57.9 Å². The second kappa shape index (κ2) is 9.28. The van der Waals surface area contributed by atoms with Gasteiger partial charge in [0.25, 0.3) is 0 Å². The van der Waals surface area contributed by atoms with Crippen molar-refractivity contribution in [1.82, 2.24) is 10.6 Å². The summed E-state index contributed by atoms with van der Waals surface area (Å²) in [6.07, 6.45) is 0.781. The van der Waals surface area contributed by atoms with Gasteiger partial charge in [-0.05, 0) is 56.0 Å². The number of fused-ring (bicyclic) bond motifs is 1. The normalized spacial score (nSPS) is 19.6. The van der Waals surface area contributed by atoms with Gasteiger partial charge >= 0.3 is 0 Å². The van der Waals surface area contributed by atoms with Crippen molar-refractivity contribution >= 4 is 27.5 Å².